The Bertz CT molecular complexity index is 945. The molecule has 27 heavy (non-hydrogen) atoms. The Balaban J connectivity index is 1.78. The third-order valence-corrected chi connectivity index (χ3v) is 6.07. The average Bonchev–Trinajstić information content (AvgIpc) is 2.68. The number of β-amino-alcohol motifs (C(OH)–C–C–N with tert-alkyl or cyclic N) is 1. The van der Waals surface area contributed by atoms with Gasteiger partial charge in [-0.3, -0.25) is 4.90 Å². The number of hydrogen-bond acceptors (Lipinski definition) is 4. The summed E-state index contributed by atoms with van der Waals surface area (Å²) in [6, 6.07) is 16.6. The van der Waals surface area contributed by atoms with Crippen molar-refractivity contribution in [1.29, 1.82) is 0 Å². The lowest BCUT2D eigenvalue weighted by atomic mass is 10.0. The van der Waals surface area contributed by atoms with Gasteiger partial charge in [-0.05, 0) is 61.5 Å². The molecule has 0 radical (unpaired) electrons. The van der Waals surface area contributed by atoms with Gasteiger partial charge in [-0.15, -0.1) is 11.8 Å². The fourth-order valence-corrected chi connectivity index (χ4v) is 4.27. The van der Waals surface area contributed by atoms with Crippen LogP contribution in [0.5, 0.6) is 0 Å². The van der Waals surface area contributed by atoms with Gasteiger partial charge < -0.3 is 5.11 Å². The summed E-state index contributed by atoms with van der Waals surface area (Å²) < 4.78 is 0. The number of fused-ring (bicyclic) bond motifs is 1. The Labute approximate surface area is 169 Å². The minimum absolute atomic E-state index is 0.227. The van der Waals surface area contributed by atoms with E-state index in [1.807, 2.05) is 24.3 Å². The molecular weight excluding hydrogens is 376 g/mol. The van der Waals surface area contributed by atoms with Crippen LogP contribution in [0.15, 0.2) is 53.4 Å². The number of benzene rings is 2. The molecule has 2 aromatic carbocycles. The van der Waals surface area contributed by atoms with E-state index in [9.17, 15) is 5.11 Å². The van der Waals surface area contributed by atoms with E-state index in [1.54, 1.807) is 11.8 Å². The summed E-state index contributed by atoms with van der Waals surface area (Å²) in [6.45, 7) is 2.53. The zero-order valence-corrected chi connectivity index (χ0v) is 16.9. The van der Waals surface area contributed by atoms with Gasteiger partial charge in [-0.2, -0.15) is 0 Å². The van der Waals surface area contributed by atoms with Gasteiger partial charge in [0.1, 0.15) is 0 Å². The van der Waals surface area contributed by atoms with E-state index in [4.69, 9.17) is 16.6 Å². The summed E-state index contributed by atoms with van der Waals surface area (Å²) in [5, 5.41) is 11.9. The largest absolute Gasteiger partial charge is 0.392 e. The molecule has 1 N–H and O–H groups in total. The molecule has 1 atom stereocenters. The summed E-state index contributed by atoms with van der Waals surface area (Å²) in [5.41, 5.74) is 4.27. The van der Waals surface area contributed by atoms with Crippen LogP contribution in [0.4, 0.5) is 0 Å². The maximum atomic E-state index is 10.0. The first-order valence-electron chi connectivity index (χ1n) is 9.26. The fraction of sp³-hybridized carbons (Fsp3) is 0.318. The molecule has 1 aromatic heterocycles. The van der Waals surface area contributed by atoms with Gasteiger partial charge >= 0.3 is 0 Å². The molecule has 4 rings (SSSR count). The second-order valence-corrected chi connectivity index (χ2v) is 8.41. The molecule has 0 saturated carbocycles. The summed E-state index contributed by atoms with van der Waals surface area (Å²) >= 11 is 7.81. The van der Waals surface area contributed by atoms with Crippen LogP contribution in [0.3, 0.4) is 0 Å². The first-order valence-corrected chi connectivity index (χ1v) is 10.9. The Hall–Kier alpha value is -1.59. The number of aliphatic hydroxyl groups is 1. The van der Waals surface area contributed by atoms with Crippen molar-refractivity contribution in [2.75, 3.05) is 19.3 Å². The average molecular weight is 399 g/mol. The van der Waals surface area contributed by atoms with Crippen LogP contribution in [0, 0.1) is 0 Å². The lowest BCUT2D eigenvalue weighted by Gasteiger charge is -2.30. The van der Waals surface area contributed by atoms with Crippen LogP contribution in [0.25, 0.3) is 22.2 Å². The van der Waals surface area contributed by atoms with Crippen LogP contribution in [-0.4, -0.2) is 40.4 Å². The third-order valence-electron chi connectivity index (χ3n) is 5.10. The van der Waals surface area contributed by atoms with Crippen LogP contribution in [0.2, 0.25) is 5.02 Å². The predicted octanol–water partition coefficient (Wildman–Crippen LogP) is 5.23. The molecule has 1 fully saturated rings. The number of nitrogens with zero attached hydrogens (tertiary/aromatic N) is 2. The minimum Gasteiger partial charge on any atom is -0.392 e. The van der Waals surface area contributed by atoms with E-state index in [-0.39, 0.29) is 6.10 Å². The third kappa shape index (κ3) is 4.30. The van der Waals surface area contributed by atoms with E-state index >= 15 is 0 Å². The number of aromatic nitrogens is 1. The second-order valence-electron chi connectivity index (χ2n) is 7.09. The zero-order chi connectivity index (χ0) is 18.8. The van der Waals surface area contributed by atoms with Crippen LogP contribution < -0.4 is 0 Å². The van der Waals surface area contributed by atoms with Crippen molar-refractivity contribution < 1.29 is 5.11 Å². The maximum absolute atomic E-state index is 10.0. The highest BCUT2D eigenvalue weighted by atomic mass is 35.5. The van der Waals surface area contributed by atoms with Gasteiger partial charge in [0.05, 0.1) is 17.3 Å². The van der Waals surface area contributed by atoms with Gasteiger partial charge in [0, 0.05) is 34.0 Å². The van der Waals surface area contributed by atoms with Crippen LogP contribution >= 0.6 is 23.4 Å². The van der Waals surface area contributed by atoms with Gasteiger partial charge in [0.25, 0.3) is 0 Å². The van der Waals surface area contributed by atoms with Crippen molar-refractivity contribution in [1.82, 2.24) is 9.88 Å². The second kappa shape index (κ2) is 8.19. The van der Waals surface area contributed by atoms with Crippen molar-refractivity contribution in [3.05, 3.63) is 59.1 Å². The highest BCUT2D eigenvalue weighted by Crippen LogP contribution is 2.30. The Morgan fingerprint density at radius 1 is 1.19 bits per heavy atom. The lowest BCUT2D eigenvalue weighted by Crippen LogP contribution is -2.37. The van der Waals surface area contributed by atoms with Crippen molar-refractivity contribution in [3.63, 3.8) is 0 Å². The molecular formula is C22H23ClN2OS. The molecule has 2 heterocycles. The number of likely N-dealkylation sites (tertiary alicyclic amines) is 1. The summed E-state index contributed by atoms with van der Waals surface area (Å²) in [6.07, 6.45) is 3.79. The summed E-state index contributed by atoms with van der Waals surface area (Å²) in [4.78, 5) is 8.56. The van der Waals surface area contributed by atoms with Crippen molar-refractivity contribution >= 4 is 34.3 Å². The first kappa shape index (κ1) is 18.8. The number of aliphatic hydroxyl groups excluding tert-OH is 1. The zero-order valence-electron chi connectivity index (χ0n) is 15.4. The smallest absolute Gasteiger partial charge is 0.0754 e. The highest BCUT2D eigenvalue weighted by molar-refractivity contribution is 7.98. The monoisotopic (exact) mass is 398 g/mol. The van der Waals surface area contributed by atoms with Crippen molar-refractivity contribution in [3.8, 4) is 11.3 Å². The predicted molar refractivity (Wildman–Crippen MR) is 114 cm³/mol. The highest BCUT2D eigenvalue weighted by Gasteiger charge is 2.20. The minimum atomic E-state index is -0.227. The van der Waals surface area contributed by atoms with E-state index in [0.717, 1.165) is 59.7 Å². The van der Waals surface area contributed by atoms with Gasteiger partial charge in [0.15, 0.2) is 0 Å². The number of piperidine rings is 1. The molecule has 0 spiro atoms. The SMILES string of the molecule is CSc1ccc2cc(CN3CCCC(O)C3)c(-c3ccc(Cl)cc3)nc2c1. The molecule has 5 heteroatoms. The van der Waals surface area contributed by atoms with E-state index in [1.165, 1.54) is 10.5 Å². The Kier molecular flexibility index (Phi) is 5.69. The van der Waals surface area contributed by atoms with E-state index < -0.39 is 0 Å². The number of hydrogen-bond donors (Lipinski definition) is 1. The molecule has 3 aromatic rings. The van der Waals surface area contributed by atoms with E-state index in [2.05, 4.69) is 35.4 Å². The first-order chi connectivity index (χ1) is 13.1. The number of pyridine rings is 1. The van der Waals surface area contributed by atoms with Gasteiger partial charge in [-0.1, -0.05) is 29.8 Å². The molecule has 1 aliphatic rings. The van der Waals surface area contributed by atoms with Gasteiger partial charge in [0.2, 0.25) is 0 Å². The Morgan fingerprint density at radius 2 is 2.00 bits per heavy atom. The lowest BCUT2D eigenvalue weighted by molar-refractivity contribution is 0.0669. The molecule has 1 unspecified atom stereocenters. The van der Waals surface area contributed by atoms with Gasteiger partial charge in [-0.25, -0.2) is 4.98 Å². The standard InChI is InChI=1S/C22H23ClN2OS/c1-27-20-9-6-16-11-17(13-25-10-2-3-19(26)14-25)22(24-21(16)12-20)15-4-7-18(23)8-5-15/h4-9,11-12,19,26H,2-3,10,13-14H2,1H3. The number of halogens is 1. The van der Waals surface area contributed by atoms with Crippen LogP contribution in [0.1, 0.15) is 18.4 Å². The topological polar surface area (TPSA) is 36.4 Å². The van der Waals surface area contributed by atoms with E-state index in [0.29, 0.717) is 0 Å². The fourth-order valence-electron chi connectivity index (χ4n) is 3.71. The van der Waals surface area contributed by atoms with Crippen molar-refractivity contribution in [2.24, 2.45) is 0 Å². The summed E-state index contributed by atoms with van der Waals surface area (Å²) in [5.74, 6) is 0. The quantitative estimate of drug-likeness (QED) is 0.610. The molecule has 1 aliphatic heterocycles. The molecule has 140 valence electrons. The normalized spacial score (nSPS) is 18.1. The maximum Gasteiger partial charge on any atom is 0.0754 e. The van der Waals surface area contributed by atoms with Crippen molar-refractivity contribution in [2.45, 2.75) is 30.4 Å². The number of thioether (sulfide) groups is 1. The molecule has 0 aliphatic carbocycles. The van der Waals surface area contributed by atoms with Crippen LogP contribution in [-0.2, 0) is 6.54 Å². The molecule has 0 amide bonds. The number of rotatable bonds is 4. The molecule has 1 saturated heterocycles. The Morgan fingerprint density at radius 3 is 2.74 bits per heavy atom. The summed E-state index contributed by atoms with van der Waals surface area (Å²) in [7, 11) is 0. The molecule has 3 nitrogen and oxygen atoms in total. The molecule has 0 bridgehead atoms.